The smallest absolute Gasteiger partial charge is 0.314 e. The minimum Gasteiger partial charge on any atom is -0.423 e. The molecule has 0 N–H and O–H groups in total. The van der Waals surface area contributed by atoms with E-state index in [1.165, 1.54) is 18.9 Å². The van der Waals surface area contributed by atoms with E-state index in [0.717, 1.165) is 62.8 Å². The summed E-state index contributed by atoms with van der Waals surface area (Å²) in [4.78, 5) is 12.3. The van der Waals surface area contributed by atoms with Crippen LogP contribution < -0.4 is 4.74 Å². The van der Waals surface area contributed by atoms with Gasteiger partial charge in [0, 0.05) is 0 Å². The van der Waals surface area contributed by atoms with E-state index in [1.54, 1.807) is 6.07 Å². The highest BCUT2D eigenvalue weighted by Crippen LogP contribution is 2.32. The standard InChI is InChI=1S/C21H31FO2/c1-3-5-6-8-17-11-14-20(19(22)15-17)24-21(23)18-12-9-16(7-4-2)10-13-18/h11,14-16,18H,3-10,12-13H2,1-2H3/t16-,18-. The van der Waals surface area contributed by atoms with Crippen molar-refractivity contribution in [2.24, 2.45) is 11.8 Å². The molecular weight excluding hydrogens is 303 g/mol. The zero-order valence-electron chi connectivity index (χ0n) is 15.2. The molecule has 0 bridgehead atoms. The molecule has 1 aliphatic rings. The van der Waals surface area contributed by atoms with Crippen LogP contribution in [-0.2, 0) is 11.2 Å². The van der Waals surface area contributed by atoms with E-state index in [9.17, 15) is 9.18 Å². The molecule has 0 amide bonds. The SMILES string of the molecule is CCCCCc1ccc(OC(=O)[C@H]2CC[C@H](CCC)CC2)c(F)c1. The van der Waals surface area contributed by atoms with Crippen molar-refractivity contribution >= 4 is 5.97 Å². The van der Waals surface area contributed by atoms with Crippen molar-refractivity contribution in [3.63, 3.8) is 0 Å². The maximum absolute atomic E-state index is 14.2. The van der Waals surface area contributed by atoms with Gasteiger partial charge in [0.2, 0.25) is 0 Å². The molecule has 1 aromatic carbocycles. The number of rotatable bonds is 8. The number of esters is 1. The predicted octanol–water partition coefficient (Wildman–Crippen LogP) is 6.07. The average Bonchev–Trinajstić information content (AvgIpc) is 2.58. The highest BCUT2D eigenvalue weighted by Gasteiger charge is 2.27. The third-order valence-corrected chi connectivity index (χ3v) is 5.15. The summed E-state index contributed by atoms with van der Waals surface area (Å²) in [6, 6.07) is 4.99. The number of carbonyl (C=O) groups excluding carboxylic acids is 1. The Morgan fingerprint density at radius 3 is 2.50 bits per heavy atom. The molecule has 3 heteroatoms. The molecule has 0 heterocycles. The van der Waals surface area contributed by atoms with Crippen LogP contribution in [0.4, 0.5) is 4.39 Å². The molecular formula is C21H31FO2. The number of benzene rings is 1. The molecule has 0 spiro atoms. The summed E-state index contributed by atoms with van der Waals surface area (Å²) in [5, 5.41) is 0. The Morgan fingerprint density at radius 2 is 1.88 bits per heavy atom. The van der Waals surface area contributed by atoms with Gasteiger partial charge in [-0.15, -0.1) is 0 Å². The van der Waals surface area contributed by atoms with Gasteiger partial charge in [-0.2, -0.15) is 0 Å². The van der Waals surface area contributed by atoms with Crippen LogP contribution in [0.25, 0.3) is 0 Å². The van der Waals surface area contributed by atoms with Crippen LogP contribution >= 0.6 is 0 Å². The minimum absolute atomic E-state index is 0.0678. The fourth-order valence-corrected chi connectivity index (χ4v) is 3.65. The summed E-state index contributed by atoms with van der Waals surface area (Å²) < 4.78 is 19.5. The minimum atomic E-state index is -0.419. The van der Waals surface area contributed by atoms with Gasteiger partial charge in [-0.3, -0.25) is 4.79 Å². The topological polar surface area (TPSA) is 26.3 Å². The second-order valence-corrected chi connectivity index (χ2v) is 7.15. The summed E-state index contributed by atoms with van der Waals surface area (Å²) in [5.74, 6) is 0.0782. The van der Waals surface area contributed by atoms with E-state index in [2.05, 4.69) is 13.8 Å². The lowest BCUT2D eigenvalue weighted by Crippen LogP contribution is -2.26. The van der Waals surface area contributed by atoms with E-state index in [4.69, 9.17) is 4.74 Å². The lowest BCUT2D eigenvalue weighted by Gasteiger charge is -2.26. The van der Waals surface area contributed by atoms with Crippen molar-refractivity contribution in [1.82, 2.24) is 0 Å². The predicted molar refractivity (Wildman–Crippen MR) is 95.6 cm³/mol. The first-order valence-corrected chi connectivity index (χ1v) is 9.64. The average molecular weight is 334 g/mol. The fourth-order valence-electron chi connectivity index (χ4n) is 3.65. The molecule has 2 rings (SSSR count). The van der Waals surface area contributed by atoms with Crippen molar-refractivity contribution in [1.29, 1.82) is 0 Å². The van der Waals surface area contributed by atoms with Gasteiger partial charge in [0.1, 0.15) is 0 Å². The summed E-state index contributed by atoms with van der Waals surface area (Å²) in [5.41, 5.74) is 0.973. The van der Waals surface area contributed by atoms with Crippen LogP contribution in [0.3, 0.4) is 0 Å². The van der Waals surface area contributed by atoms with Crippen LogP contribution in [0.15, 0.2) is 18.2 Å². The zero-order chi connectivity index (χ0) is 17.4. The number of halogens is 1. The second-order valence-electron chi connectivity index (χ2n) is 7.15. The lowest BCUT2D eigenvalue weighted by atomic mass is 9.80. The molecule has 0 atom stereocenters. The van der Waals surface area contributed by atoms with E-state index >= 15 is 0 Å². The molecule has 1 aliphatic carbocycles. The Hall–Kier alpha value is -1.38. The second kappa shape index (κ2) is 9.80. The van der Waals surface area contributed by atoms with Gasteiger partial charge < -0.3 is 4.74 Å². The monoisotopic (exact) mass is 334 g/mol. The van der Waals surface area contributed by atoms with Crippen LogP contribution in [-0.4, -0.2) is 5.97 Å². The molecule has 0 unspecified atom stereocenters. The highest BCUT2D eigenvalue weighted by molar-refractivity contribution is 5.75. The summed E-state index contributed by atoms with van der Waals surface area (Å²) in [6.07, 6.45) is 10.6. The number of unbranched alkanes of at least 4 members (excludes halogenated alkanes) is 2. The number of ether oxygens (including phenoxy) is 1. The largest absolute Gasteiger partial charge is 0.423 e. The van der Waals surface area contributed by atoms with Crippen LogP contribution in [0, 0.1) is 17.7 Å². The molecule has 24 heavy (non-hydrogen) atoms. The van der Waals surface area contributed by atoms with E-state index in [-0.39, 0.29) is 17.6 Å². The van der Waals surface area contributed by atoms with Crippen LogP contribution in [0.2, 0.25) is 0 Å². The number of carbonyl (C=O) groups is 1. The van der Waals surface area contributed by atoms with Gasteiger partial charge in [0.25, 0.3) is 0 Å². The third-order valence-electron chi connectivity index (χ3n) is 5.15. The third kappa shape index (κ3) is 5.61. The Labute approximate surface area is 145 Å². The van der Waals surface area contributed by atoms with E-state index in [1.807, 2.05) is 6.07 Å². The van der Waals surface area contributed by atoms with Gasteiger partial charge in [-0.1, -0.05) is 45.6 Å². The first kappa shape index (κ1) is 19.0. The summed E-state index contributed by atoms with van der Waals surface area (Å²) in [6.45, 7) is 4.36. The Kier molecular flexibility index (Phi) is 7.74. The number of aryl methyl sites for hydroxylation is 1. The fraction of sp³-hybridized carbons (Fsp3) is 0.667. The summed E-state index contributed by atoms with van der Waals surface area (Å²) >= 11 is 0. The molecule has 134 valence electrons. The first-order valence-electron chi connectivity index (χ1n) is 9.64. The molecule has 0 aliphatic heterocycles. The van der Waals surface area contributed by atoms with Gasteiger partial charge in [0.05, 0.1) is 5.92 Å². The maximum atomic E-state index is 14.2. The quantitative estimate of drug-likeness (QED) is 0.327. The van der Waals surface area contributed by atoms with Crippen molar-refractivity contribution in [3.05, 3.63) is 29.6 Å². The number of hydrogen-bond acceptors (Lipinski definition) is 2. The van der Waals surface area contributed by atoms with Crippen molar-refractivity contribution in [2.75, 3.05) is 0 Å². The van der Waals surface area contributed by atoms with E-state index in [0.29, 0.717) is 0 Å². The van der Waals surface area contributed by atoms with Crippen LogP contribution in [0.1, 0.15) is 77.2 Å². The molecule has 1 fully saturated rings. The number of hydrogen-bond donors (Lipinski definition) is 0. The molecule has 0 aromatic heterocycles. The first-order chi connectivity index (χ1) is 11.6. The normalized spacial score (nSPS) is 20.8. The highest BCUT2D eigenvalue weighted by atomic mass is 19.1. The van der Waals surface area contributed by atoms with Crippen molar-refractivity contribution < 1.29 is 13.9 Å². The molecule has 0 radical (unpaired) electrons. The molecule has 1 aromatic rings. The lowest BCUT2D eigenvalue weighted by molar-refractivity contribution is -0.140. The Balaban J connectivity index is 1.85. The van der Waals surface area contributed by atoms with Crippen LogP contribution in [0.5, 0.6) is 5.75 Å². The van der Waals surface area contributed by atoms with Gasteiger partial charge in [-0.05, 0) is 62.1 Å². The van der Waals surface area contributed by atoms with Crippen molar-refractivity contribution in [3.8, 4) is 5.75 Å². The summed E-state index contributed by atoms with van der Waals surface area (Å²) in [7, 11) is 0. The Morgan fingerprint density at radius 1 is 1.12 bits per heavy atom. The zero-order valence-corrected chi connectivity index (χ0v) is 15.2. The van der Waals surface area contributed by atoms with Crippen molar-refractivity contribution in [2.45, 2.75) is 78.1 Å². The van der Waals surface area contributed by atoms with Gasteiger partial charge in [0.15, 0.2) is 11.6 Å². The molecule has 0 saturated heterocycles. The maximum Gasteiger partial charge on any atom is 0.314 e. The Bertz CT molecular complexity index is 519. The van der Waals surface area contributed by atoms with Gasteiger partial charge in [-0.25, -0.2) is 4.39 Å². The van der Waals surface area contributed by atoms with E-state index < -0.39 is 5.82 Å². The van der Waals surface area contributed by atoms with Gasteiger partial charge >= 0.3 is 5.97 Å². The molecule has 2 nitrogen and oxygen atoms in total. The molecule has 1 saturated carbocycles.